The lowest BCUT2D eigenvalue weighted by molar-refractivity contribution is 0.963. The molecule has 0 saturated carbocycles. The van der Waals surface area contributed by atoms with Gasteiger partial charge in [-0.3, -0.25) is 5.43 Å². The third-order valence-electron chi connectivity index (χ3n) is 3.96. The molecule has 0 radical (unpaired) electrons. The summed E-state index contributed by atoms with van der Waals surface area (Å²) in [5, 5.41) is 7.80. The van der Waals surface area contributed by atoms with Crippen molar-refractivity contribution in [3.63, 3.8) is 0 Å². The molecule has 4 nitrogen and oxygen atoms in total. The summed E-state index contributed by atoms with van der Waals surface area (Å²) in [7, 11) is 0. The van der Waals surface area contributed by atoms with Crippen LogP contribution in [0.4, 0.5) is 5.69 Å². The zero-order valence-electron chi connectivity index (χ0n) is 14.5. The molecule has 2 aromatic carbocycles. The molecule has 1 heterocycles. The fraction of sp³-hybridized carbons (Fsp3) is 0.100. The summed E-state index contributed by atoms with van der Waals surface area (Å²) in [5.74, 6) is 0. The summed E-state index contributed by atoms with van der Waals surface area (Å²) in [5.41, 5.74) is 8.22. The van der Waals surface area contributed by atoms with Crippen LogP contribution in [0, 0.1) is 13.8 Å². The van der Waals surface area contributed by atoms with Crippen molar-refractivity contribution in [3.05, 3.63) is 82.1 Å². The Labute approximate surface area is 167 Å². The number of hydrogen-bond acceptors (Lipinski definition) is 2. The van der Waals surface area contributed by atoms with Crippen LogP contribution in [-0.2, 0) is 0 Å². The monoisotopic (exact) mass is 426 g/mol. The van der Waals surface area contributed by atoms with E-state index in [1.165, 1.54) is 0 Å². The first kappa shape index (κ1) is 18.4. The first-order valence-corrected chi connectivity index (χ1v) is 9.35. The number of aryl methyl sites for hydroxylation is 1. The molecule has 0 bridgehead atoms. The molecule has 26 heavy (non-hydrogen) atoms. The van der Waals surface area contributed by atoms with E-state index >= 15 is 0 Å². The highest BCUT2D eigenvalue weighted by molar-refractivity contribution is 9.10. The summed E-state index contributed by atoms with van der Waals surface area (Å²) in [4.78, 5) is 0. The summed E-state index contributed by atoms with van der Waals surface area (Å²) >= 11 is 8.73. The number of para-hydroxylation sites is 1. The van der Waals surface area contributed by atoms with Crippen LogP contribution in [0.1, 0.15) is 17.0 Å². The average molecular weight is 427 g/mol. The van der Waals surface area contributed by atoms with Crippen LogP contribution in [0.25, 0.3) is 5.69 Å². The molecule has 0 aliphatic heterocycles. The van der Waals surface area contributed by atoms with Crippen molar-refractivity contribution < 1.29 is 0 Å². The van der Waals surface area contributed by atoms with Crippen LogP contribution in [0.5, 0.6) is 0 Å². The molecular formula is C20H19BrN4S. The third kappa shape index (κ3) is 4.39. The van der Waals surface area contributed by atoms with Gasteiger partial charge in [0.05, 0.1) is 6.21 Å². The largest absolute Gasteiger partial charge is 0.331 e. The summed E-state index contributed by atoms with van der Waals surface area (Å²) in [6, 6.07) is 20.1. The zero-order valence-corrected chi connectivity index (χ0v) is 16.9. The van der Waals surface area contributed by atoms with E-state index < -0.39 is 0 Å². The molecule has 3 aromatic rings. The molecule has 0 saturated heterocycles. The van der Waals surface area contributed by atoms with Gasteiger partial charge < -0.3 is 9.88 Å². The van der Waals surface area contributed by atoms with Crippen molar-refractivity contribution in [2.75, 3.05) is 5.32 Å². The Balaban J connectivity index is 1.70. The fourth-order valence-electron chi connectivity index (χ4n) is 2.75. The second-order valence-corrected chi connectivity index (χ2v) is 7.15. The van der Waals surface area contributed by atoms with E-state index in [4.69, 9.17) is 12.2 Å². The average Bonchev–Trinajstić information content (AvgIpc) is 2.90. The number of aromatic nitrogens is 1. The molecule has 0 aliphatic rings. The summed E-state index contributed by atoms with van der Waals surface area (Å²) in [6.45, 7) is 4.17. The van der Waals surface area contributed by atoms with E-state index in [9.17, 15) is 0 Å². The van der Waals surface area contributed by atoms with Crippen LogP contribution in [-0.4, -0.2) is 15.9 Å². The Morgan fingerprint density at radius 2 is 1.77 bits per heavy atom. The number of hydrazone groups is 1. The van der Waals surface area contributed by atoms with Gasteiger partial charge in [-0.05, 0) is 68.5 Å². The van der Waals surface area contributed by atoms with Gasteiger partial charge in [0, 0.05) is 32.8 Å². The fourth-order valence-corrected chi connectivity index (χ4v) is 3.18. The van der Waals surface area contributed by atoms with E-state index in [1.54, 1.807) is 6.21 Å². The molecule has 0 spiro atoms. The van der Waals surface area contributed by atoms with Gasteiger partial charge in [-0.25, -0.2) is 0 Å². The first-order valence-electron chi connectivity index (χ1n) is 8.14. The standard InChI is InChI=1S/C20H19BrN4S/c1-14-12-16(15(2)25(14)19-10-8-17(21)9-11-19)13-22-24-20(26)23-18-6-4-3-5-7-18/h3-13H,1-2H3,(H2,23,24,26)/b22-13+. The molecule has 3 rings (SSSR count). The van der Waals surface area contributed by atoms with Gasteiger partial charge in [-0.1, -0.05) is 34.1 Å². The molecule has 0 fully saturated rings. The highest BCUT2D eigenvalue weighted by Gasteiger charge is 2.09. The SMILES string of the molecule is Cc1cc(/C=N/NC(=S)Nc2ccccc2)c(C)n1-c1ccc(Br)cc1. The van der Waals surface area contributed by atoms with Crippen LogP contribution in [0.2, 0.25) is 0 Å². The molecule has 0 aliphatic carbocycles. The maximum Gasteiger partial charge on any atom is 0.191 e. The number of nitrogens with zero attached hydrogens (tertiary/aromatic N) is 2. The van der Waals surface area contributed by atoms with Crippen LogP contribution in [0.3, 0.4) is 0 Å². The minimum absolute atomic E-state index is 0.453. The Bertz CT molecular complexity index is 930. The van der Waals surface area contributed by atoms with Gasteiger partial charge in [-0.2, -0.15) is 5.10 Å². The van der Waals surface area contributed by atoms with Crippen LogP contribution < -0.4 is 10.7 Å². The number of nitrogens with one attached hydrogen (secondary N) is 2. The Hall–Kier alpha value is -2.44. The van der Waals surface area contributed by atoms with E-state index in [1.807, 2.05) is 42.5 Å². The molecule has 132 valence electrons. The number of benzene rings is 2. The van der Waals surface area contributed by atoms with Crippen molar-refractivity contribution >= 4 is 45.2 Å². The smallest absolute Gasteiger partial charge is 0.191 e. The van der Waals surface area contributed by atoms with Gasteiger partial charge >= 0.3 is 0 Å². The highest BCUT2D eigenvalue weighted by Crippen LogP contribution is 2.21. The lowest BCUT2D eigenvalue weighted by Crippen LogP contribution is -2.23. The summed E-state index contributed by atoms with van der Waals surface area (Å²) < 4.78 is 3.27. The van der Waals surface area contributed by atoms with Crippen molar-refractivity contribution in [1.82, 2.24) is 9.99 Å². The predicted octanol–water partition coefficient (Wildman–Crippen LogP) is 5.18. The molecule has 0 atom stereocenters. The van der Waals surface area contributed by atoms with E-state index in [0.717, 1.165) is 32.8 Å². The number of halogens is 1. The van der Waals surface area contributed by atoms with Gasteiger partial charge in [-0.15, -0.1) is 0 Å². The van der Waals surface area contributed by atoms with Crippen molar-refractivity contribution in [2.24, 2.45) is 5.10 Å². The van der Waals surface area contributed by atoms with Crippen LogP contribution >= 0.6 is 28.1 Å². The maximum atomic E-state index is 5.26. The number of thiocarbonyl (C=S) groups is 1. The van der Waals surface area contributed by atoms with E-state index in [2.05, 4.69) is 68.4 Å². The minimum atomic E-state index is 0.453. The Kier molecular flexibility index (Phi) is 5.85. The lowest BCUT2D eigenvalue weighted by atomic mass is 10.2. The van der Waals surface area contributed by atoms with Crippen molar-refractivity contribution in [3.8, 4) is 5.69 Å². The lowest BCUT2D eigenvalue weighted by Gasteiger charge is -2.09. The summed E-state index contributed by atoms with van der Waals surface area (Å²) in [6.07, 6.45) is 1.79. The molecule has 6 heteroatoms. The molecule has 1 aromatic heterocycles. The molecule has 2 N–H and O–H groups in total. The maximum absolute atomic E-state index is 5.26. The van der Waals surface area contributed by atoms with Gasteiger partial charge in [0.25, 0.3) is 0 Å². The normalized spacial score (nSPS) is 10.9. The highest BCUT2D eigenvalue weighted by atomic mass is 79.9. The van der Waals surface area contributed by atoms with Crippen LogP contribution in [0.15, 0.2) is 70.2 Å². The second kappa shape index (κ2) is 8.29. The van der Waals surface area contributed by atoms with Gasteiger partial charge in [0.15, 0.2) is 5.11 Å². The minimum Gasteiger partial charge on any atom is -0.331 e. The van der Waals surface area contributed by atoms with Crippen molar-refractivity contribution in [2.45, 2.75) is 13.8 Å². The Morgan fingerprint density at radius 3 is 2.46 bits per heavy atom. The molecular weight excluding hydrogens is 408 g/mol. The zero-order chi connectivity index (χ0) is 18.5. The first-order chi connectivity index (χ1) is 12.5. The van der Waals surface area contributed by atoms with Gasteiger partial charge in [0.2, 0.25) is 0 Å². The van der Waals surface area contributed by atoms with Crippen molar-refractivity contribution in [1.29, 1.82) is 0 Å². The third-order valence-corrected chi connectivity index (χ3v) is 4.68. The Morgan fingerprint density at radius 1 is 1.08 bits per heavy atom. The molecule has 0 unspecified atom stereocenters. The number of rotatable bonds is 4. The topological polar surface area (TPSA) is 41.4 Å². The van der Waals surface area contributed by atoms with E-state index in [0.29, 0.717) is 5.11 Å². The predicted molar refractivity (Wildman–Crippen MR) is 116 cm³/mol. The number of hydrogen-bond donors (Lipinski definition) is 2. The van der Waals surface area contributed by atoms with Gasteiger partial charge in [0.1, 0.15) is 0 Å². The number of anilines is 1. The van der Waals surface area contributed by atoms with E-state index in [-0.39, 0.29) is 0 Å². The molecule has 0 amide bonds. The quantitative estimate of drug-likeness (QED) is 0.343. The second-order valence-electron chi connectivity index (χ2n) is 5.83.